The quantitative estimate of drug-likeness (QED) is 0.585. The van der Waals surface area contributed by atoms with Gasteiger partial charge in [-0.05, 0) is 39.8 Å². The molecule has 1 aromatic rings. The van der Waals surface area contributed by atoms with Gasteiger partial charge in [0.25, 0.3) is 0 Å². The number of hydrogen-bond acceptors (Lipinski definition) is 4. The standard InChI is InChI=1S/C8H14O3.C5H5N/c1-6(9)5-7(10)11-8(2,3)4;1-2-4-6-5-3-1/h5H2,1-4H3;1-5H. The lowest BCUT2D eigenvalue weighted by Gasteiger charge is -2.18. The van der Waals surface area contributed by atoms with Gasteiger partial charge in [-0.3, -0.25) is 14.6 Å². The number of carbonyl (C=O) groups is 2. The number of carbonyl (C=O) groups excluding carboxylic acids is 2. The highest BCUT2D eigenvalue weighted by Crippen LogP contribution is 2.07. The normalized spacial score (nSPS) is 9.88. The molecule has 0 amide bonds. The number of rotatable bonds is 2. The third kappa shape index (κ3) is 12.2. The van der Waals surface area contributed by atoms with E-state index in [1.807, 2.05) is 18.2 Å². The van der Waals surface area contributed by atoms with Crippen LogP contribution < -0.4 is 0 Å². The lowest BCUT2D eigenvalue weighted by molar-refractivity contribution is -0.155. The van der Waals surface area contributed by atoms with E-state index in [1.165, 1.54) is 6.92 Å². The Morgan fingerprint density at radius 2 is 1.65 bits per heavy atom. The van der Waals surface area contributed by atoms with E-state index < -0.39 is 11.6 Å². The van der Waals surface area contributed by atoms with Crippen molar-refractivity contribution in [2.45, 2.75) is 39.7 Å². The predicted octanol–water partition coefficient (Wildman–Crippen LogP) is 2.39. The molecule has 0 spiro atoms. The Labute approximate surface area is 102 Å². The van der Waals surface area contributed by atoms with E-state index in [9.17, 15) is 9.59 Å². The minimum absolute atomic E-state index is 0.128. The summed E-state index contributed by atoms with van der Waals surface area (Å²) >= 11 is 0. The van der Waals surface area contributed by atoms with Crippen molar-refractivity contribution in [3.63, 3.8) is 0 Å². The average Bonchev–Trinajstić information content (AvgIpc) is 2.16. The predicted molar refractivity (Wildman–Crippen MR) is 65.4 cm³/mol. The average molecular weight is 237 g/mol. The second-order valence-electron chi connectivity index (χ2n) is 4.49. The molecule has 0 aromatic carbocycles. The Kier molecular flexibility index (Phi) is 6.79. The molecule has 0 N–H and O–H groups in total. The molecule has 0 saturated heterocycles. The van der Waals surface area contributed by atoms with Gasteiger partial charge in [0.1, 0.15) is 17.8 Å². The van der Waals surface area contributed by atoms with Crippen molar-refractivity contribution >= 4 is 11.8 Å². The molecule has 0 unspecified atom stereocenters. The zero-order chi connectivity index (χ0) is 13.3. The molecule has 4 nitrogen and oxygen atoms in total. The van der Waals surface area contributed by atoms with Gasteiger partial charge in [0.05, 0.1) is 0 Å². The molecule has 0 radical (unpaired) electrons. The van der Waals surface area contributed by atoms with E-state index in [4.69, 9.17) is 4.74 Å². The van der Waals surface area contributed by atoms with Crippen LogP contribution in [0.2, 0.25) is 0 Å². The highest BCUT2D eigenvalue weighted by atomic mass is 16.6. The number of hydrogen-bond donors (Lipinski definition) is 0. The smallest absolute Gasteiger partial charge is 0.313 e. The van der Waals surface area contributed by atoms with Gasteiger partial charge >= 0.3 is 5.97 Å². The van der Waals surface area contributed by atoms with E-state index in [0.717, 1.165) is 0 Å². The van der Waals surface area contributed by atoms with Gasteiger partial charge in [0.15, 0.2) is 0 Å². The monoisotopic (exact) mass is 237 g/mol. The van der Waals surface area contributed by atoms with Crippen molar-refractivity contribution in [3.8, 4) is 0 Å². The highest BCUT2D eigenvalue weighted by molar-refractivity contribution is 5.94. The second kappa shape index (κ2) is 7.54. The Morgan fingerprint density at radius 3 is 1.88 bits per heavy atom. The van der Waals surface area contributed by atoms with Crippen molar-refractivity contribution < 1.29 is 14.3 Å². The summed E-state index contributed by atoms with van der Waals surface area (Å²) in [5.74, 6) is -0.621. The summed E-state index contributed by atoms with van der Waals surface area (Å²) < 4.78 is 4.89. The molecule has 0 saturated carbocycles. The lowest BCUT2D eigenvalue weighted by Crippen LogP contribution is -2.24. The van der Waals surface area contributed by atoms with Crippen LogP contribution in [-0.2, 0) is 14.3 Å². The fourth-order valence-corrected chi connectivity index (χ4v) is 0.893. The maximum Gasteiger partial charge on any atom is 0.313 e. The second-order valence-corrected chi connectivity index (χ2v) is 4.49. The molecule has 4 heteroatoms. The van der Waals surface area contributed by atoms with Crippen LogP contribution in [0.25, 0.3) is 0 Å². The van der Waals surface area contributed by atoms with Crippen LogP contribution in [0.1, 0.15) is 34.1 Å². The van der Waals surface area contributed by atoms with Gasteiger partial charge in [0.2, 0.25) is 0 Å². The third-order valence-electron chi connectivity index (χ3n) is 1.38. The molecule has 0 aliphatic carbocycles. The SMILES string of the molecule is CC(=O)CC(=O)OC(C)(C)C.c1ccncc1. The summed E-state index contributed by atoms with van der Waals surface area (Å²) in [7, 11) is 0. The van der Waals surface area contributed by atoms with Crippen LogP contribution in [0.3, 0.4) is 0 Å². The Morgan fingerprint density at radius 1 is 1.12 bits per heavy atom. The van der Waals surface area contributed by atoms with Crippen LogP contribution >= 0.6 is 0 Å². The van der Waals surface area contributed by atoms with Gasteiger partial charge in [-0.2, -0.15) is 0 Å². The molecular weight excluding hydrogens is 218 g/mol. The number of ether oxygens (including phenoxy) is 1. The lowest BCUT2D eigenvalue weighted by atomic mass is 10.2. The maximum absolute atomic E-state index is 10.8. The first-order valence-corrected chi connectivity index (χ1v) is 5.37. The third-order valence-corrected chi connectivity index (χ3v) is 1.38. The first-order chi connectivity index (χ1) is 7.81. The fraction of sp³-hybridized carbons (Fsp3) is 0.462. The topological polar surface area (TPSA) is 56.3 Å². The number of esters is 1. The summed E-state index contributed by atoms with van der Waals surface area (Å²) in [5.41, 5.74) is -0.494. The van der Waals surface area contributed by atoms with Crippen molar-refractivity contribution in [1.29, 1.82) is 0 Å². The largest absolute Gasteiger partial charge is 0.460 e. The zero-order valence-electron chi connectivity index (χ0n) is 10.8. The van der Waals surface area contributed by atoms with Crippen LogP contribution in [0.15, 0.2) is 30.6 Å². The molecule has 1 heterocycles. The van der Waals surface area contributed by atoms with E-state index in [2.05, 4.69) is 4.98 Å². The van der Waals surface area contributed by atoms with Crippen LogP contribution in [-0.4, -0.2) is 22.3 Å². The minimum atomic E-state index is -0.494. The molecular formula is C13H19NO3. The first-order valence-electron chi connectivity index (χ1n) is 5.37. The van der Waals surface area contributed by atoms with Crippen LogP contribution in [0.5, 0.6) is 0 Å². The van der Waals surface area contributed by atoms with Crippen molar-refractivity contribution in [2.24, 2.45) is 0 Å². The number of pyridine rings is 1. The van der Waals surface area contributed by atoms with E-state index in [0.29, 0.717) is 0 Å². The van der Waals surface area contributed by atoms with Gasteiger partial charge < -0.3 is 4.74 Å². The summed E-state index contributed by atoms with van der Waals surface area (Å²) in [6, 6.07) is 5.72. The zero-order valence-corrected chi connectivity index (χ0v) is 10.8. The molecule has 0 aliphatic rings. The number of aromatic nitrogens is 1. The van der Waals surface area contributed by atoms with Gasteiger partial charge in [-0.15, -0.1) is 0 Å². The summed E-state index contributed by atoms with van der Waals surface area (Å²) in [6.45, 7) is 6.67. The molecule has 1 rings (SSSR count). The minimum Gasteiger partial charge on any atom is -0.460 e. The summed E-state index contributed by atoms with van der Waals surface area (Å²) in [6.07, 6.45) is 3.37. The maximum atomic E-state index is 10.8. The number of ketones is 1. The molecule has 1 aromatic heterocycles. The highest BCUT2D eigenvalue weighted by Gasteiger charge is 2.16. The molecule has 17 heavy (non-hydrogen) atoms. The van der Waals surface area contributed by atoms with Gasteiger partial charge in [0, 0.05) is 12.4 Å². The summed E-state index contributed by atoms with van der Waals surface area (Å²) in [4.78, 5) is 25.0. The Hall–Kier alpha value is -1.71. The van der Waals surface area contributed by atoms with Crippen LogP contribution in [0.4, 0.5) is 0 Å². The Balaban J connectivity index is 0.000000354. The van der Waals surface area contributed by atoms with Gasteiger partial charge in [-0.1, -0.05) is 6.07 Å². The Bertz CT molecular complexity index is 315. The van der Waals surface area contributed by atoms with E-state index in [-0.39, 0.29) is 12.2 Å². The molecule has 0 aliphatic heterocycles. The summed E-state index contributed by atoms with van der Waals surface area (Å²) in [5, 5.41) is 0. The van der Waals surface area contributed by atoms with Gasteiger partial charge in [-0.25, -0.2) is 0 Å². The van der Waals surface area contributed by atoms with E-state index >= 15 is 0 Å². The molecule has 0 atom stereocenters. The van der Waals surface area contributed by atoms with Crippen LogP contribution in [0, 0.1) is 0 Å². The van der Waals surface area contributed by atoms with Crippen molar-refractivity contribution in [2.75, 3.05) is 0 Å². The van der Waals surface area contributed by atoms with Crippen molar-refractivity contribution in [3.05, 3.63) is 30.6 Å². The first kappa shape index (κ1) is 15.3. The fourth-order valence-electron chi connectivity index (χ4n) is 0.893. The van der Waals surface area contributed by atoms with Crippen molar-refractivity contribution in [1.82, 2.24) is 4.98 Å². The molecule has 0 bridgehead atoms. The molecule has 94 valence electrons. The van der Waals surface area contributed by atoms with E-state index in [1.54, 1.807) is 33.2 Å². The number of nitrogens with zero attached hydrogens (tertiary/aromatic N) is 1. The molecule has 0 fully saturated rings. The number of Topliss-reactive ketones (excluding diaryl/α,β-unsaturated/α-hetero) is 1.